The first-order valence-corrected chi connectivity index (χ1v) is 8.94. The number of carbonyl (C=O) groups excluding carboxylic acids is 1. The van der Waals surface area contributed by atoms with Crippen LogP contribution >= 0.6 is 11.6 Å². The Morgan fingerprint density at radius 1 is 1.44 bits per heavy atom. The molecule has 142 valence electrons. The molecule has 3 rings (SSSR count). The van der Waals surface area contributed by atoms with Crippen LogP contribution in [-0.2, 0) is 10.3 Å². The summed E-state index contributed by atoms with van der Waals surface area (Å²) in [5, 5.41) is 3.21. The monoisotopic (exact) mass is 390 g/mol. The fraction of sp³-hybridized carbons (Fsp3) is 0.316. The molecule has 27 heavy (non-hydrogen) atoms. The van der Waals surface area contributed by atoms with Crippen LogP contribution < -0.4 is 11.1 Å². The second kappa shape index (κ2) is 7.52. The number of nitrogens with two attached hydrogens (primary N) is 1. The first-order valence-electron chi connectivity index (χ1n) is 8.56. The Kier molecular flexibility index (Phi) is 5.32. The van der Waals surface area contributed by atoms with Crippen molar-refractivity contribution in [3.8, 4) is 0 Å². The van der Waals surface area contributed by atoms with E-state index in [1.54, 1.807) is 19.1 Å². The molecule has 0 saturated heterocycles. The van der Waals surface area contributed by atoms with Gasteiger partial charge in [-0.15, -0.1) is 0 Å². The van der Waals surface area contributed by atoms with Gasteiger partial charge in [-0.2, -0.15) is 0 Å². The number of ether oxygens (including phenoxy) is 1. The summed E-state index contributed by atoms with van der Waals surface area (Å²) in [4.78, 5) is 21.0. The summed E-state index contributed by atoms with van der Waals surface area (Å²) < 4.78 is 19.8. The minimum absolute atomic E-state index is 0.0397. The van der Waals surface area contributed by atoms with Gasteiger partial charge in [0.1, 0.15) is 11.5 Å². The molecule has 0 bridgehead atoms. The lowest BCUT2D eigenvalue weighted by molar-refractivity contribution is 0.102. The van der Waals surface area contributed by atoms with Gasteiger partial charge in [0.25, 0.3) is 11.9 Å². The van der Waals surface area contributed by atoms with Crippen LogP contribution in [0.3, 0.4) is 0 Å². The largest absolute Gasteiger partial charge is 0.465 e. The van der Waals surface area contributed by atoms with E-state index in [0.717, 1.165) is 0 Å². The highest BCUT2D eigenvalue weighted by Crippen LogP contribution is 2.38. The zero-order chi connectivity index (χ0) is 19.6. The fourth-order valence-corrected chi connectivity index (χ4v) is 3.41. The van der Waals surface area contributed by atoms with Crippen molar-refractivity contribution in [3.63, 3.8) is 0 Å². The molecule has 8 heteroatoms. The number of aliphatic imine (C=N–C) groups is 1. The maximum Gasteiger partial charge on any atom is 0.282 e. The highest BCUT2D eigenvalue weighted by molar-refractivity contribution is 6.30. The van der Waals surface area contributed by atoms with E-state index in [1.165, 1.54) is 18.3 Å². The summed E-state index contributed by atoms with van der Waals surface area (Å²) in [5.74, 6) is -0.809. The van der Waals surface area contributed by atoms with Crippen LogP contribution in [0.5, 0.6) is 0 Å². The number of pyridine rings is 1. The van der Waals surface area contributed by atoms with E-state index in [9.17, 15) is 9.18 Å². The first kappa shape index (κ1) is 19.1. The van der Waals surface area contributed by atoms with Gasteiger partial charge in [0.05, 0.1) is 17.2 Å². The van der Waals surface area contributed by atoms with Crippen LogP contribution in [-0.4, -0.2) is 23.5 Å². The third-order valence-corrected chi connectivity index (χ3v) is 4.87. The van der Waals surface area contributed by atoms with Crippen LogP contribution in [0, 0.1) is 12.7 Å². The molecule has 6 nitrogen and oxygen atoms in total. The van der Waals surface area contributed by atoms with E-state index in [1.807, 2.05) is 6.92 Å². The molecule has 0 spiro atoms. The SMILES string of the molecule is CC[C@@]1(c2cc(NC(=O)c3ncc(Cl)cc3C)ccc2F)CCOC(N)=N1. The Balaban J connectivity index is 1.93. The summed E-state index contributed by atoms with van der Waals surface area (Å²) in [6.45, 7) is 4.01. The molecule has 1 aromatic heterocycles. The van der Waals surface area contributed by atoms with Crippen molar-refractivity contribution in [2.24, 2.45) is 10.7 Å². The molecule has 1 aliphatic heterocycles. The number of amides is 1. The quantitative estimate of drug-likeness (QED) is 0.831. The van der Waals surface area contributed by atoms with Gasteiger partial charge in [0, 0.05) is 23.9 Å². The molecule has 0 saturated carbocycles. The maximum absolute atomic E-state index is 14.6. The number of nitrogens with one attached hydrogen (secondary N) is 1. The summed E-state index contributed by atoms with van der Waals surface area (Å²) in [6, 6.07) is 6.09. The van der Waals surface area contributed by atoms with E-state index >= 15 is 0 Å². The minimum Gasteiger partial charge on any atom is -0.465 e. The molecule has 1 aliphatic rings. The zero-order valence-corrected chi connectivity index (χ0v) is 15.8. The Morgan fingerprint density at radius 3 is 2.89 bits per heavy atom. The zero-order valence-electron chi connectivity index (χ0n) is 15.1. The van der Waals surface area contributed by atoms with Crippen molar-refractivity contribution < 1.29 is 13.9 Å². The third kappa shape index (κ3) is 3.88. The summed E-state index contributed by atoms with van der Waals surface area (Å²) in [5.41, 5.74) is 6.61. The lowest BCUT2D eigenvalue weighted by Gasteiger charge is -2.33. The number of hydrogen-bond donors (Lipinski definition) is 2. The van der Waals surface area contributed by atoms with Gasteiger partial charge in [0.15, 0.2) is 0 Å². The van der Waals surface area contributed by atoms with Crippen LogP contribution in [0.25, 0.3) is 0 Å². The van der Waals surface area contributed by atoms with Crippen molar-refractivity contribution >= 4 is 29.2 Å². The van der Waals surface area contributed by atoms with Gasteiger partial charge in [-0.1, -0.05) is 18.5 Å². The van der Waals surface area contributed by atoms with E-state index in [4.69, 9.17) is 22.1 Å². The second-order valence-corrected chi connectivity index (χ2v) is 6.84. The predicted molar refractivity (Wildman–Crippen MR) is 102 cm³/mol. The topological polar surface area (TPSA) is 89.6 Å². The van der Waals surface area contributed by atoms with Gasteiger partial charge in [0.2, 0.25) is 0 Å². The number of benzene rings is 1. The number of carbonyl (C=O) groups is 1. The van der Waals surface area contributed by atoms with Crippen molar-refractivity contribution in [3.05, 3.63) is 58.1 Å². The molecule has 1 atom stereocenters. The minimum atomic E-state index is -0.818. The van der Waals surface area contributed by atoms with Gasteiger partial charge >= 0.3 is 0 Å². The second-order valence-electron chi connectivity index (χ2n) is 6.40. The Labute approximate surface area is 161 Å². The average Bonchev–Trinajstić information content (AvgIpc) is 2.63. The van der Waals surface area contributed by atoms with Crippen molar-refractivity contribution in [2.75, 3.05) is 11.9 Å². The number of hydrogen-bond acceptors (Lipinski definition) is 5. The molecule has 0 unspecified atom stereocenters. The number of amidine groups is 1. The first-order chi connectivity index (χ1) is 12.8. The Morgan fingerprint density at radius 2 is 2.22 bits per heavy atom. The molecular weight excluding hydrogens is 371 g/mol. The molecule has 0 fully saturated rings. The van der Waals surface area contributed by atoms with Gasteiger partial charge < -0.3 is 15.8 Å². The number of anilines is 1. The molecule has 1 amide bonds. The molecule has 2 heterocycles. The number of aryl methyl sites for hydroxylation is 1. The highest BCUT2D eigenvalue weighted by Gasteiger charge is 2.36. The van der Waals surface area contributed by atoms with Crippen LogP contribution in [0.2, 0.25) is 5.02 Å². The van der Waals surface area contributed by atoms with E-state index in [-0.39, 0.29) is 11.7 Å². The van der Waals surface area contributed by atoms with Crippen LogP contribution in [0.1, 0.15) is 41.4 Å². The highest BCUT2D eigenvalue weighted by atomic mass is 35.5. The van der Waals surface area contributed by atoms with E-state index in [2.05, 4.69) is 15.3 Å². The molecule has 0 radical (unpaired) electrons. The standard InChI is InChI=1S/C19H20ClFN4O2/c1-3-19(6-7-27-18(22)25-19)14-9-13(4-5-15(14)21)24-17(26)16-11(2)8-12(20)10-23-16/h4-5,8-10H,3,6-7H2,1-2H3,(H2,22,25)(H,24,26)/t19-/m0/s1. The van der Waals surface area contributed by atoms with Crippen LogP contribution in [0.15, 0.2) is 35.5 Å². The van der Waals surface area contributed by atoms with Crippen molar-refractivity contribution in [1.29, 1.82) is 0 Å². The van der Waals surface area contributed by atoms with Crippen molar-refractivity contribution in [2.45, 2.75) is 32.2 Å². The van der Waals surface area contributed by atoms with E-state index < -0.39 is 17.3 Å². The normalized spacial score (nSPS) is 19.2. The van der Waals surface area contributed by atoms with Crippen molar-refractivity contribution in [1.82, 2.24) is 4.98 Å². The third-order valence-electron chi connectivity index (χ3n) is 4.66. The molecule has 1 aromatic carbocycles. The maximum atomic E-state index is 14.6. The smallest absolute Gasteiger partial charge is 0.282 e. The van der Waals surface area contributed by atoms with Gasteiger partial charge in [-0.3, -0.25) is 4.79 Å². The van der Waals surface area contributed by atoms with Crippen LogP contribution in [0.4, 0.5) is 10.1 Å². The Hall–Kier alpha value is -2.67. The molecule has 3 N–H and O–H groups in total. The van der Waals surface area contributed by atoms with Gasteiger partial charge in [-0.05, 0) is 43.2 Å². The molecule has 2 aromatic rings. The summed E-state index contributed by atoms with van der Waals surface area (Å²) in [7, 11) is 0. The number of aromatic nitrogens is 1. The number of halogens is 2. The molecular formula is C19H20ClFN4O2. The lowest BCUT2D eigenvalue weighted by atomic mass is 9.84. The number of rotatable bonds is 4. The van der Waals surface area contributed by atoms with Gasteiger partial charge in [-0.25, -0.2) is 14.4 Å². The predicted octanol–water partition coefficient (Wildman–Crippen LogP) is 3.78. The lowest BCUT2D eigenvalue weighted by Crippen LogP contribution is -2.36. The molecule has 0 aliphatic carbocycles. The summed E-state index contributed by atoms with van der Waals surface area (Å²) >= 11 is 5.88. The Bertz CT molecular complexity index is 919. The summed E-state index contributed by atoms with van der Waals surface area (Å²) in [6.07, 6.45) is 2.45. The van der Waals surface area contributed by atoms with E-state index in [0.29, 0.717) is 41.3 Å². The fourth-order valence-electron chi connectivity index (χ4n) is 3.19. The average molecular weight is 391 g/mol. The number of nitrogens with zero attached hydrogens (tertiary/aromatic N) is 2.